The Labute approximate surface area is 139 Å². The zero-order chi connectivity index (χ0) is 15.1. The van der Waals surface area contributed by atoms with Crippen LogP contribution >= 0.6 is 27.3 Å². The number of hydrogen-bond acceptors (Lipinski definition) is 4. The van der Waals surface area contributed by atoms with E-state index in [-0.39, 0.29) is 0 Å². The molecule has 0 saturated carbocycles. The van der Waals surface area contributed by atoms with E-state index in [9.17, 15) is 0 Å². The van der Waals surface area contributed by atoms with Gasteiger partial charge in [-0.3, -0.25) is 0 Å². The summed E-state index contributed by atoms with van der Waals surface area (Å²) >= 11 is 5.19. The lowest BCUT2D eigenvalue weighted by atomic mass is 10.2. The topological polar surface area (TPSA) is 37.8 Å². The molecule has 1 aromatic carbocycles. The number of benzene rings is 1. The molecule has 114 valence electrons. The van der Waals surface area contributed by atoms with Crippen molar-refractivity contribution in [2.24, 2.45) is 5.92 Å². The van der Waals surface area contributed by atoms with Gasteiger partial charge < -0.3 is 5.32 Å². The third-order valence-electron chi connectivity index (χ3n) is 3.07. The van der Waals surface area contributed by atoms with Crippen LogP contribution in [-0.4, -0.2) is 23.3 Å². The molecule has 0 fully saturated rings. The molecule has 1 heterocycles. The summed E-state index contributed by atoms with van der Waals surface area (Å²) in [6, 6.07) is 8.39. The predicted molar refractivity (Wildman–Crippen MR) is 92.9 cm³/mol. The molecule has 2 aromatic rings. The summed E-state index contributed by atoms with van der Waals surface area (Å²) in [5.74, 6) is 0.712. The highest BCUT2D eigenvalue weighted by Crippen LogP contribution is 2.17. The third kappa shape index (κ3) is 6.24. The van der Waals surface area contributed by atoms with E-state index in [2.05, 4.69) is 69.6 Å². The van der Waals surface area contributed by atoms with Gasteiger partial charge in [-0.1, -0.05) is 41.9 Å². The van der Waals surface area contributed by atoms with Crippen LogP contribution in [0.5, 0.6) is 0 Å². The Morgan fingerprint density at radius 3 is 2.57 bits per heavy atom. The van der Waals surface area contributed by atoms with Crippen LogP contribution in [0.3, 0.4) is 0 Å². The van der Waals surface area contributed by atoms with Gasteiger partial charge in [0.15, 0.2) is 0 Å². The van der Waals surface area contributed by atoms with Crippen molar-refractivity contribution in [1.82, 2.24) is 15.5 Å². The van der Waals surface area contributed by atoms with E-state index in [0.717, 1.165) is 46.8 Å². The fraction of sp³-hybridized carbons (Fsp3) is 0.500. The molecule has 1 N–H and O–H groups in total. The molecule has 0 spiro atoms. The van der Waals surface area contributed by atoms with Crippen LogP contribution in [0, 0.1) is 5.92 Å². The smallest absolute Gasteiger partial charge is 0.121 e. The van der Waals surface area contributed by atoms with E-state index in [0.29, 0.717) is 5.92 Å². The Balaban J connectivity index is 1.75. The van der Waals surface area contributed by atoms with Crippen molar-refractivity contribution >= 4 is 27.3 Å². The zero-order valence-electron chi connectivity index (χ0n) is 12.6. The Morgan fingerprint density at radius 1 is 1.14 bits per heavy atom. The minimum atomic E-state index is 0.712. The van der Waals surface area contributed by atoms with Crippen molar-refractivity contribution in [1.29, 1.82) is 0 Å². The number of nitrogens with zero attached hydrogens (tertiary/aromatic N) is 2. The second-order valence-corrected chi connectivity index (χ2v) is 7.66. The Morgan fingerprint density at radius 2 is 1.86 bits per heavy atom. The molecule has 3 nitrogen and oxygen atoms in total. The number of halogens is 1. The van der Waals surface area contributed by atoms with E-state index in [1.807, 2.05) is 0 Å². The number of aryl methyl sites for hydroxylation is 1. The molecule has 0 radical (unpaired) electrons. The van der Waals surface area contributed by atoms with E-state index in [4.69, 9.17) is 0 Å². The second-order valence-electron chi connectivity index (χ2n) is 5.59. The first-order valence-corrected chi connectivity index (χ1v) is 9.01. The van der Waals surface area contributed by atoms with Crippen LogP contribution in [0.1, 0.15) is 35.8 Å². The summed E-state index contributed by atoms with van der Waals surface area (Å²) in [6.45, 7) is 6.60. The maximum atomic E-state index is 4.30. The summed E-state index contributed by atoms with van der Waals surface area (Å²) in [6.07, 6.45) is 3.01. The largest absolute Gasteiger partial charge is 0.316 e. The molecular weight excluding hydrogens is 346 g/mol. The van der Waals surface area contributed by atoms with Gasteiger partial charge in [0.1, 0.15) is 10.0 Å². The van der Waals surface area contributed by atoms with Crippen molar-refractivity contribution in [3.63, 3.8) is 0 Å². The SMILES string of the molecule is CC(C)CNCCCc1nnc(Cc2ccc(Br)cc2)s1. The van der Waals surface area contributed by atoms with Crippen LogP contribution in [-0.2, 0) is 12.8 Å². The Kier molecular flexibility index (Phi) is 6.80. The lowest BCUT2D eigenvalue weighted by molar-refractivity contribution is 0.542. The van der Waals surface area contributed by atoms with E-state index in [1.54, 1.807) is 11.3 Å². The van der Waals surface area contributed by atoms with Crippen molar-refractivity contribution in [2.75, 3.05) is 13.1 Å². The predicted octanol–water partition coefficient (Wildman–Crippen LogP) is 4.07. The van der Waals surface area contributed by atoms with Gasteiger partial charge in [-0.15, -0.1) is 21.5 Å². The maximum Gasteiger partial charge on any atom is 0.121 e. The average Bonchev–Trinajstić information content (AvgIpc) is 2.88. The first kappa shape index (κ1) is 16.6. The molecule has 0 bridgehead atoms. The molecule has 0 amide bonds. The minimum Gasteiger partial charge on any atom is -0.316 e. The molecular formula is C16H22BrN3S. The standard InChI is InChI=1S/C16H22BrN3S/c1-12(2)11-18-9-3-4-15-19-20-16(21-15)10-13-5-7-14(17)8-6-13/h5-8,12,18H,3-4,9-11H2,1-2H3. The van der Waals surface area contributed by atoms with Crippen LogP contribution < -0.4 is 5.32 Å². The normalized spacial score (nSPS) is 11.2. The highest BCUT2D eigenvalue weighted by atomic mass is 79.9. The van der Waals surface area contributed by atoms with Crippen molar-refractivity contribution in [3.8, 4) is 0 Å². The highest BCUT2D eigenvalue weighted by molar-refractivity contribution is 9.10. The summed E-state index contributed by atoms with van der Waals surface area (Å²) in [5.41, 5.74) is 1.28. The van der Waals surface area contributed by atoms with Gasteiger partial charge in [0.05, 0.1) is 0 Å². The molecule has 5 heteroatoms. The Bertz CT molecular complexity index is 537. The molecule has 1 aromatic heterocycles. The summed E-state index contributed by atoms with van der Waals surface area (Å²) in [7, 11) is 0. The van der Waals surface area contributed by atoms with Crippen molar-refractivity contribution in [3.05, 3.63) is 44.3 Å². The second kappa shape index (κ2) is 8.61. The lowest BCUT2D eigenvalue weighted by Crippen LogP contribution is -2.21. The molecule has 0 aliphatic rings. The molecule has 21 heavy (non-hydrogen) atoms. The maximum absolute atomic E-state index is 4.30. The van der Waals surface area contributed by atoms with Crippen LogP contribution in [0.25, 0.3) is 0 Å². The summed E-state index contributed by atoms with van der Waals surface area (Å²) in [5, 5.41) is 14.3. The van der Waals surface area contributed by atoms with Crippen molar-refractivity contribution < 1.29 is 0 Å². The van der Waals surface area contributed by atoms with Gasteiger partial charge in [0.25, 0.3) is 0 Å². The van der Waals surface area contributed by atoms with E-state index < -0.39 is 0 Å². The Hall–Kier alpha value is -0.780. The molecule has 0 unspecified atom stereocenters. The number of rotatable bonds is 8. The van der Waals surface area contributed by atoms with Gasteiger partial charge in [0, 0.05) is 17.3 Å². The molecule has 0 aliphatic carbocycles. The lowest BCUT2D eigenvalue weighted by Gasteiger charge is -2.05. The summed E-state index contributed by atoms with van der Waals surface area (Å²) < 4.78 is 1.11. The van der Waals surface area contributed by atoms with Gasteiger partial charge in [-0.2, -0.15) is 0 Å². The number of hydrogen-bond donors (Lipinski definition) is 1. The molecule has 2 rings (SSSR count). The van der Waals surface area contributed by atoms with E-state index in [1.165, 1.54) is 5.56 Å². The summed E-state index contributed by atoms with van der Waals surface area (Å²) in [4.78, 5) is 0. The van der Waals surface area contributed by atoms with Crippen LogP contribution in [0.2, 0.25) is 0 Å². The van der Waals surface area contributed by atoms with E-state index >= 15 is 0 Å². The first-order valence-electron chi connectivity index (χ1n) is 7.40. The van der Waals surface area contributed by atoms with Crippen LogP contribution in [0.15, 0.2) is 28.7 Å². The van der Waals surface area contributed by atoms with Gasteiger partial charge in [0.2, 0.25) is 0 Å². The third-order valence-corrected chi connectivity index (χ3v) is 4.59. The monoisotopic (exact) mass is 367 g/mol. The highest BCUT2D eigenvalue weighted by Gasteiger charge is 2.05. The van der Waals surface area contributed by atoms with Gasteiger partial charge in [-0.05, 0) is 43.1 Å². The van der Waals surface area contributed by atoms with Gasteiger partial charge >= 0.3 is 0 Å². The first-order chi connectivity index (χ1) is 10.1. The number of aromatic nitrogens is 2. The average molecular weight is 368 g/mol. The molecule has 0 aliphatic heterocycles. The minimum absolute atomic E-state index is 0.712. The van der Waals surface area contributed by atoms with Gasteiger partial charge in [-0.25, -0.2) is 0 Å². The molecule has 0 saturated heterocycles. The quantitative estimate of drug-likeness (QED) is 0.714. The van der Waals surface area contributed by atoms with Crippen molar-refractivity contribution in [2.45, 2.75) is 33.1 Å². The fourth-order valence-electron chi connectivity index (χ4n) is 1.99. The molecule has 0 atom stereocenters. The fourth-order valence-corrected chi connectivity index (χ4v) is 3.18. The number of nitrogens with one attached hydrogen (secondary N) is 1. The zero-order valence-corrected chi connectivity index (χ0v) is 15.0. The van der Waals surface area contributed by atoms with Crippen LogP contribution in [0.4, 0.5) is 0 Å².